The second-order valence-electron chi connectivity index (χ2n) is 6.69. The Hall–Kier alpha value is -2.99. The Morgan fingerprint density at radius 1 is 1.19 bits per heavy atom. The Kier molecular flexibility index (Phi) is 4.49. The van der Waals surface area contributed by atoms with Crippen molar-refractivity contribution in [3.63, 3.8) is 0 Å². The third kappa shape index (κ3) is 3.02. The van der Waals surface area contributed by atoms with Crippen LogP contribution in [0.25, 0.3) is 10.9 Å². The third-order valence-electron chi connectivity index (χ3n) is 5.20. The van der Waals surface area contributed by atoms with E-state index in [4.69, 9.17) is 9.47 Å². The fraction of sp³-hybridized carbons (Fsp3) is 0.286. The number of ether oxygens (including phenoxy) is 2. The van der Waals surface area contributed by atoms with Crippen LogP contribution < -0.4 is 9.47 Å². The molecule has 1 unspecified atom stereocenters. The SMILES string of the molecule is COc1ccc(C2c3[nH]c4ccccc4c3CCN2CC(=O)O)cc1OC. The van der Waals surface area contributed by atoms with Gasteiger partial charge in [-0.3, -0.25) is 9.69 Å². The zero-order valence-electron chi connectivity index (χ0n) is 15.4. The first-order valence-electron chi connectivity index (χ1n) is 8.89. The Morgan fingerprint density at radius 3 is 2.70 bits per heavy atom. The summed E-state index contributed by atoms with van der Waals surface area (Å²) in [4.78, 5) is 17.0. The number of hydrogen-bond donors (Lipinski definition) is 2. The molecule has 2 N–H and O–H groups in total. The number of rotatable bonds is 5. The third-order valence-corrected chi connectivity index (χ3v) is 5.20. The second-order valence-corrected chi connectivity index (χ2v) is 6.69. The smallest absolute Gasteiger partial charge is 0.317 e. The van der Waals surface area contributed by atoms with Crippen molar-refractivity contribution in [2.45, 2.75) is 12.5 Å². The van der Waals surface area contributed by atoms with Gasteiger partial charge in [0.25, 0.3) is 0 Å². The summed E-state index contributed by atoms with van der Waals surface area (Å²) in [6, 6.07) is 13.8. The van der Waals surface area contributed by atoms with Gasteiger partial charge >= 0.3 is 5.97 Å². The number of fused-ring (bicyclic) bond motifs is 3. The number of para-hydroxylation sites is 1. The van der Waals surface area contributed by atoms with Crippen LogP contribution >= 0.6 is 0 Å². The summed E-state index contributed by atoms with van der Waals surface area (Å²) in [6.45, 7) is 0.661. The number of benzene rings is 2. The first-order chi connectivity index (χ1) is 13.1. The molecule has 2 aromatic carbocycles. The van der Waals surface area contributed by atoms with Gasteiger partial charge in [0.2, 0.25) is 0 Å². The van der Waals surface area contributed by atoms with Crippen molar-refractivity contribution in [3.05, 3.63) is 59.3 Å². The first-order valence-corrected chi connectivity index (χ1v) is 8.89. The van der Waals surface area contributed by atoms with Crippen molar-refractivity contribution in [1.82, 2.24) is 9.88 Å². The van der Waals surface area contributed by atoms with E-state index in [2.05, 4.69) is 17.1 Å². The highest BCUT2D eigenvalue weighted by atomic mass is 16.5. The number of aliphatic carboxylic acids is 1. The van der Waals surface area contributed by atoms with E-state index < -0.39 is 5.97 Å². The highest BCUT2D eigenvalue weighted by Crippen LogP contribution is 2.40. The summed E-state index contributed by atoms with van der Waals surface area (Å²) in [7, 11) is 3.20. The molecule has 0 fully saturated rings. The fourth-order valence-electron chi connectivity index (χ4n) is 4.04. The lowest BCUT2D eigenvalue weighted by atomic mass is 9.92. The summed E-state index contributed by atoms with van der Waals surface area (Å²) in [6.07, 6.45) is 0.816. The topological polar surface area (TPSA) is 74.8 Å². The zero-order chi connectivity index (χ0) is 19.0. The first kappa shape index (κ1) is 17.4. The molecular formula is C21H22N2O4. The molecule has 0 saturated heterocycles. The molecule has 6 heteroatoms. The van der Waals surface area contributed by atoms with Crippen LogP contribution in [0.3, 0.4) is 0 Å². The van der Waals surface area contributed by atoms with Crippen LogP contribution in [0.1, 0.15) is 22.9 Å². The minimum Gasteiger partial charge on any atom is -0.493 e. The van der Waals surface area contributed by atoms with E-state index in [-0.39, 0.29) is 12.6 Å². The maximum Gasteiger partial charge on any atom is 0.317 e. The van der Waals surface area contributed by atoms with Gasteiger partial charge in [0.1, 0.15) is 0 Å². The normalized spacial score (nSPS) is 16.9. The minimum absolute atomic E-state index is 0.0200. The number of aromatic nitrogens is 1. The summed E-state index contributed by atoms with van der Waals surface area (Å²) in [5.74, 6) is 0.451. The van der Waals surface area contributed by atoms with Crippen molar-refractivity contribution in [1.29, 1.82) is 0 Å². The second kappa shape index (κ2) is 6.96. The molecule has 0 saturated carbocycles. The van der Waals surface area contributed by atoms with E-state index in [1.807, 2.05) is 35.2 Å². The predicted octanol–water partition coefficient (Wildman–Crippen LogP) is 3.22. The molecule has 2 heterocycles. The number of aromatic amines is 1. The number of H-pyrrole nitrogens is 1. The number of nitrogens with one attached hydrogen (secondary N) is 1. The predicted molar refractivity (Wildman–Crippen MR) is 103 cm³/mol. The van der Waals surface area contributed by atoms with Gasteiger partial charge in [0, 0.05) is 23.1 Å². The van der Waals surface area contributed by atoms with Crippen LogP contribution in [0.4, 0.5) is 0 Å². The number of carboxylic acid groups (broad SMARTS) is 1. The molecule has 0 bridgehead atoms. The van der Waals surface area contributed by atoms with E-state index in [1.54, 1.807) is 14.2 Å². The minimum atomic E-state index is -0.833. The number of methoxy groups -OCH3 is 2. The van der Waals surface area contributed by atoms with Crippen molar-refractivity contribution in [2.75, 3.05) is 27.3 Å². The molecule has 1 aliphatic rings. The van der Waals surface area contributed by atoms with Gasteiger partial charge in [-0.2, -0.15) is 0 Å². The van der Waals surface area contributed by atoms with Crippen molar-refractivity contribution in [3.8, 4) is 11.5 Å². The van der Waals surface area contributed by atoms with Crippen LogP contribution in [0.5, 0.6) is 11.5 Å². The maximum absolute atomic E-state index is 11.5. The molecule has 140 valence electrons. The Morgan fingerprint density at radius 2 is 1.96 bits per heavy atom. The van der Waals surface area contributed by atoms with Gasteiger partial charge in [-0.25, -0.2) is 0 Å². The molecule has 0 amide bonds. The van der Waals surface area contributed by atoms with Gasteiger partial charge in [-0.15, -0.1) is 0 Å². The molecule has 1 aromatic heterocycles. The molecule has 1 aliphatic heterocycles. The fourth-order valence-corrected chi connectivity index (χ4v) is 4.04. The largest absolute Gasteiger partial charge is 0.493 e. The molecule has 0 radical (unpaired) electrons. The standard InChI is InChI=1S/C21H22N2O4/c1-26-17-8-7-13(11-18(17)27-2)21-20-15(9-10-23(21)12-19(24)25)14-5-3-4-6-16(14)22-20/h3-8,11,21-22H,9-10,12H2,1-2H3,(H,24,25). The Labute approximate surface area is 157 Å². The van der Waals surface area contributed by atoms with Gasteiger partial charge < -0.3 is 19.6 Å². The summed E-state index contributed by atoms with van der Waals surface area (Å²) >= 11 is 0. The van der Waals surface area contributed by atoms with Crippen molar-refractivity contribution >= 4 is 16.9 Å². The van der Waals surface area contributed by atoms with Crippen molar-refractivity contribution < 1.29 is 19.4 Å². The van der Waals surface area contributed by atoms with Crippen LogP contribution in [-0.4, -0.2) is 48.3 Å². The molecule has 4 rings (SSSR count). The molecule has 0 aliphatic carbocycles. The number of carboxylic acids is 1. The van der Waals surface area contributed by atoms with Gasteiger partial charge in [-0.1, -0.05) is 24.3 Å². The Balaban J connectivity index is 1.87. The van der Waals surface area contributed by atoms with Crippen LogP contribution in [0.15, 0.2) is 42.5 Å². The van der Waals surface area contributed by atoms with Gasteiger partial charge in [-0.05, 0) is 35.7 Å². The number of carbonyl (C=O) groups is 1. The van der Waals surface area contributed by atoms with E-state index >= 15 is 0 Å². The lowest BCUT2D eigenvalue weighted by Gasteiger charge is -2.35. The average Bonchev–Trinajstić information content (AvgIpc) is 3.05. The summed E-state index contributed by atoms with van der Waals surface area (Å²) in [5, 5.41) is 10.6. The molecule has 0 spiro atoms. The number of hydrogen-bond acceptors (Lipinski definition) is 4. The van der Waals surface area contributed by atoms with Crippen LogP contribution in [0.2, 0.25) is 0 Å². The molecular weight excluding hydrogens is 344 g/mol. The van der Waals surface area contributed by atoms with Crippen LogP contribution in [-0.2, 0) is 11.2 Å². The highest BCUT2D eigenvalue weighted by molar-refractivity contribution is 5.85. The summed E-state index contributed by atoms with van der Waals surface area (Å²) in [5.41, 5.74) is 4.36. The lowest BCUT2D eigenvalue weighted by Crippen LogP contribution is -2.39. The van der Waals surface area contributed by atoms with E-state index in [1.165, 1.54) is 10.9 Å². The Bertz CT molecular complexity index is 995. The number of nitrogens with zero attached hydrogens (tertiary/aromatic N) is 1. The maximum atomic E-state index is 11.5. The van der Waals surface area contributed by atoms with Gasteiger partial charge in [0.15, 0.2) is 11.5 Å². The molecule has 3 aromatic rings. The molecule has 6 nitrogen and oxygen atoms in total. The van der Waals surface area contributed by atoms with E-state index in [0.29, 0.717) is 18.0 Å². The summed E-state index contributed by atoms with van der Waals surface area (Å²) < 4.78 is 10.8. The lowest BCUT2D eigenvalue weighted by molar-refractivity contribution is -0.138. The highest BCUT2D eigenvalue weighted by Gasteiger charge is 2.33. The van der Waals surface area contributed by atoms with E-state index in [9.17, 15) is 9.90 Å². The van der Waals surface area contributed by atoms with E-state index in [0.717, 1.165) is 23.2 Å². The monoisotopic (exact) mass is 366 g/mol. The van der Waals surface area contributed by atoms with Crippen LogP contribution in [0, 0.1) is 0 Å². The quantitative estimate of drug-likeness (QED) is 0.725. The molecule has 27 heavy (non-hydrogen) atoms. The van der Waals surface area contributed by atoms with Crippen molar-refractivity contribution in [2.24, 2.45) is 0 Å². The van der Waals surface area contributed by atoms with Gasteiger partial charge in [0.05, 0.1) is 26.8 Å². The average molecular weight is 366 g/mol. The zero-order valence-corrected chi connectivity index (χ0v) is 15.4. The molecule has 1 atom stereocenters.